The van der Waals surface area contributed by atoms with E-state index in [1.165, 1.54) is 6.26 Å². The molecule has 0 spiro atoms. The van der Waals surface area contributed by atoms with E-state index in [9.17, 15) is 5.11 Å². The highest BCUT2D eigenvalue weighted by Crippen LogP contribution is 2.23. The van der Waals surface area contributed by atoms with Crippen molar-refractivity contribution < 1.29 is 15.1 Å². The van der Waals surface area contributed by atoms with Gasteiger partial charge in [0.2, 0.25) is 0 Å². The molecule has 0 amide bonds. The molecule has 0 aliphatic carbocycles. The maximum absolute atomic E-state index is 9.62. The van der Waals surface area contributed by atoms with Gasteiger partial charge in [-0.15, -0.1) is 0 Å². The van der Waals surface area contributed by atoms with Crippen molar-refractivity contribution in [1.82, 2.24) is 0 Å². The molecular weight excluding hydrogens is 158 g/mol. The Morgan fingerprint density at radius 3 is 2.17 bits per heavy atom. The molecule has 0 saturated carbocycles. The molecule has 1 atom stereocenters. The fourth-order valence-electron chi connectivity index (χ4n) is 0.616. The summed E-state index contributed by atoms with van der Waals surface area (Å²) in [5.41, 5.74) is -2.21. The van der Waals surface area contributed by atoms with Crippen molar-refractivity contribution in [2.24, 2.45) is 5.16 Å². The molecule has 0 aliphatic heterocycles. The Labute approximate surface area is 72.2 Å². The normalized spacial score (nSPS) is 17.3. The van der Waals surface area contributed by atoms with Gasteiger partial charge in [-0.3, -0.25) is 0 Å². The first-order chi connectivity index (χ1) is 5.37. The van der Waals surface area contributed by atoms with Crippen LogP contribution in [-0.2, 0) is 4.74 Å². The lowest BCUT2D eigenvalue weighted by molar-refractivity contribution is -0.0799. The number of rotatable bonds is 4. The molecule has 1 unspecified atom stereocenters. The SMILES string of the molecule is C=COC(C)(/C=N/O)C(C)(C)O. The highest BCUT2D eigenvalue weighted by Gasteiger charge is 2.40. The molecule has 0 saturated heterocycles. The van der Waals surface area contributed by atoms with Crippen molar-refractivity contribution in [1.29, 1.82) is 0 Å². The minimum absolute atomic E-state index is 1.07. The molecule has 12 heavy (non-hydrogen) atoms. The van der Waals surface area contributed by atoms with Crippen molar-refractivity contribution in [2.45, 2.75) is 32.0 Å². The number of nitrogens with zero attached hydrogens (tertiary/aromatic N) is 1. The molecular formula is C8H15NO3. The third kappa shape index (κ3) is 2.23. The first-order valence-corrected chi connectivity index (χ1v) is 3.57. The van der Waals surface area contributed by atoms with E-state index in [0.29, 0.717) is 0 Å². The summed E-state index contributed by atoms with van der Waals surface area (Å²) in [5.74, 6) is 0. The fourth-order valence-corrected chi connectivity index (χ4v) is 0.616. The second-order valence-electron chi connectivity index (χ2n) is 3.20. The van der Waals surface area contributed by atoms with Gasteiger partial charge >= 0.3 is 0 Å². The van der Waals surface area contributed by atoms with Crippen LogP contribution in [0.2, 0.25) is 0 Å². The van der Waals surface area contributed by atoms with Gasteiger partial charge in [0, 0.05) is 0 Å². The second-order valence-corrected chi connectivity index (χ2v) is 3.20. The Morgan fingerprint density at radius 2 is 1.92 bits per heavy atom. The van der Waals surface area contributed by atoms with Crippen molar-refractivity contribution in [3.05, 3.63) is 12.8 Å². The summed E-state index contributed by atoms with van der Waals surface area (Å²) in [6.07, 6.45) is 2.31. The van der Waals surface area contributed by atoms with Gasteiger partial charge in [0.05, 0.1) is 12.5 Å². The molecule has 0 fully saturated rings. The zero-order valence-electron chi connectivity index (χ0n) is 7.61. The number of aliphatic hydroxyl groups is 1. The van der Waals surface area contributed by atoms with E-state index in [-0.39, 0.29) is 0 Å². The van der Waals surface area contributed by atoms with Gasteiger partial charge in [-0.05, 0) is 20.8 Å². The van der Waals surface area contributed by atoms with Crippen molar-refractivity contribution in [3.63, 3.8) is 0 Å². The van der Waals surface area contributed by atoms with Crippen LogP contribution < -0.4 is 0 Å². The van der Waals surface area contributed by atoms with Gasteiger partial charge in [-0.2, -0.15) is 0 Å². The Bertz CT molecular complexity index is 183. The van der Waals surface area contributed by atoms with Crippen LogP contribution in [0.15, 0.2) is 18.0 Å². The van der Waals surface area contributed by atoms with Crippen LogP contribution in [0.4, 0.5) is 0 Å². The van der Waals surface area contributed by atoms with Gasteiger partial charge in [0.1, 0.15) is 5.60 Å². The molecule has 0 rings (SSSR count). The lowest BCUT2D eigenvalue weighted by Crippen LogP contribution is -2.50. The molecule has 4 nitrogen and oxygen atoms in total. The topological polar surface area (TPSA) is 62.0 Å². The van der Waals surface area contributed by atoms with Crippen LogP contribution in [0.3, 0.4) is 0 Å². The summed E-state index contributed by atoms with van der Waals surface area (Å²) in [4.78, 5) is 0. The van der Waals surface area contributed by atoms with Crippen molar-refractivity contribution in [2.75, 3.05) is 0 Å². The van der Waals surface area contributed by atoms with Gasteiger partial charge < -0.3 is 15.1 Å². The molecule has 0 aromatic heterocycles. The average Bonchev–Trinajstić information content (AvgIpc) is 1.86. The predicted octanol–water partition coefficient (Wildman–Crippen LogP) is 1.14. The lowest BCUT2D eigenvalue weighted by atomic mass is 9.89. The smallest absolute Gasteiger partial charge is 0.171 e. The number of hydrogen-bond acceptors (Lipinski definition) is 4. The molecule has 4 heteroatoms. The first kappa shape index (κ1) is 11.0. The summed E-state index contributed by atoms with van der Waals surface area (Å²) >= 11 is 0. The summed E-state index contributed by atoms with van der Waals surface area (Å²) in [6, 6.07) is 0. The minimum Gasteiger partial charge on any atom is -0.487 e. The molecule has 0 radical (unpaired) electrons. The highest BCUT2D eigenvalue weighted by atomic mass is 16.5. The molecule has 2 N–H and O–H groups in total. The maximum Gasteiger partial charge on any atom is 0.171 e. The third-order valence-electron chi connectivity index (χ3n) is 1.85. The average molecular weight is 173 g/mol. The minimum atomic E-state index is -1.15. The van der Waals surface area contributed by atoms with Crippen LogP contribution in [0.1, 0.15) is 20.8 Å². The lowest BCUT2D eigenvalue weighted by Gasteiger charge is -2.35. The van der Waals surface area contributed by atoms with E-state index in [1.807, 2.05) is 0 Å². The summed E-state index contributed by atoms with van der Waals surface area (Å²) in [6.45, 7) is 8.06. The van der Waals surface area contributed by atoms with Crippen molar-refractivity contribution in [3.8, 4) is 0 Å². The molecule has 0 heterocycles. The Morgan fingerprint density at radius 1 is 1.42 bits per heavy atom. The largest absolute Gasteiger partial charge is 0.487 e. The summed E-state index contributed by atoms with van der Waals surface area (Å²) in [5, 5.41) is 20.8. The number of hydrogen-bond donors (Lipinski definition) is 2. The Balaban J connectivity index is 4.73. The van der Waals surface area contributed by atoms with E-state index in [1.54, 1.807) is 20.8 Å². The molecule has 0 aromatic rings. The fraction of sp³-hybridized carbons (Fsp3) is 0.625. The van der Waals surface area contributed by atoms with Gasteiger partial charge in [-0.1, -0.05) is 11.7 Å². The molecule has 70 valence electrons. The Hall–Kier alpha value is -1.03. The molecule has 0 aliphatic rings. The number of ether oxygens (including phenoxy) is 1. The van der Waals surface area contributed by atoms with E-state index >= 15 is 0 Å². The van der Waals surface area contributed by atoms with E-state index in [4.69, 9.17) is 9.94 Å². The standard InChI is InChI=1S/C8H15NO3/c1-5-12-8(4,6-9-11)7(2,3)10/h5-6,10-11H,1H2,2-4H3/b9-6+. The first-order valence-electron chi connectivity index (χ1n) is 3.57. The monoisotopic (exact) mass is 173 g/mol. The maximum atomic E-state index is 9.62. The zero-order valence-corrected chi connectivity index (χ0v) is 7.61. The van der Waals surface area contributed by atoms with Crippen LogP contribution in [0.5, 0.6) is 0 Å². The third-order valence-corrected chi connectivity index (χ3v) is 1.85. The summed E-state index contributed by atoms with van der Waals surface area (Å²) in [7, 11) is 0. The van der Waals surface area contributed by atoms with Gasteiger partial charge in [0.15, 0.2) is 5.60 Å². The van der Waals surface area contributed by atoms with Crippen molar-refractivity contribution >= 4 is 6.21 Å². The van der Waals surface area contributed by atoms with Gasteiger partial charge in [-0.25, -0.2) is 0 Å². The summed E-state index contributed by atoms with van der Waals surface area (Å²) < 4.78 is 5.04. The van der Waals surface area contributed by atoms with Crippen LogP contribution in [0.25, 0.3) is 0 Å². The van der Waals surface area contributed by atoms with Gasteiger partial charge in [0.25, 0.3) is 0 Å². The zero-order chi connectivity index (χ0) is 9.83. The number of oxime groups is 1. The van der Waals surface area contributed by atoms with Crippen LogP contribution in [-0.4, -0.2) is 27.7 Å². The van der Waals surface area contributed by atoms with E-state index in [2.05, 4.69) is 11.7 Å². The Kier molecular flexibility index (Phi) is 3.27. The van der Waals surface area contributed by atoms with E-state index in [0.717, 1.165) is 6.21 Å². The predicted molar refractivity (Wildman–Crippen MR) is 46.3 cm³/mol. The molecule has 0 aromatic carbocycles. The quantitative estimate of drug-likeness (QED) is 0.290. The van der Waals surface area contributed by atoms with E-state index < -0.39 is 11.2 Å². The second kappa shape index (κ2) is 3.58. The molecule has 0 bridgehead atoms. The highest BCUT2D eigenvalue weighted by molar-refractivity contribution is 5.69. The van der Waals surface area contributed by atoms with Crippen LogP contribution >= 0.6 is 0 Å². The van der Waals surface area contributed by atoms with Crippen LogP contribution in [0, 0.1) is 0 Å².